The number of nitrogens with zero attached hydrogens (tertiary/aromatic N) is 1. The number of rotatable bonds is 5. The third-order valence-electron chi connectivity index (χ3n) is 4.75. The molecule has 1 aliphatic rings. The van der Waals surface area contributed by atoms with E-state index in [4.69, 9.17) is 39.0 Å². The van der Waals surface area contributed by atoms with Gasteiger partial charge in [0.25, 0.3) is 11.8 Å². The molecular formula is C23H13Cl3N2O6S. The standard InChI is InChI=1S/C23H13Cl3N2O6S/c24-16-8-4-5-9-19(16)28-22(30)15(21(29)27-23(28)31)10-13-11-17(25)20(18(26)12-13)34-35(32,33)14-6-2-1-3-7-14/h1-12H,(H,27,29,31)/b15-10+. The summed E-state index contributed by atoms with van der Waals surface area (Å²) in [5.41, 5.74) is -0.139. The highest BCUT2D eigenvalue weighted by Gasteiger charge is 2.37. The zero-order valence-electron chi connectivity index (χ0n) is 17.4. The number of urea groups is 1. The molecule has 4 amide bonds. The largest absolute Gasteiger partial charge is 0.376 e. The summed E-state index contributed by atoms with van der Waals surface area (Å²) in [6.07, 6.45) is 1.15. The maximum atomic E-state index is 13.0. The molecule has 0 atom stereocenters. The number of para-hydroxylation sites is 1. The van der Waals surface area contributed by atoms with Gasteiger partial charge in [0, 0.05) is 0 Å². The number of halogens is 3. The summed E-state index contributed by atoms with van der Waals surface area (Å²) in [4.78, 5) is 38.4. The van der Waals surface area contributed by atoms with Crippen LogP contribution in [-0.2, 0) is 19.7 Å². The van der Waals surface area contributed by atoms with E-state index in [-0.39, 0.29) is 37.0 Å². The normalized spacial score (nSPS) is 15.3. The van der Waals surface area contributed by atoms with Crippen LogP contribution < -0.4 is 14.4 Å². The first-order valence-corrected chi connectivity index (χ1v) is 12.3. The molecule has 12 heteroatoms. The van der Waals surface area contributed by atoms with Crippen molar-refractivity contribution in [2.75, 3.05) is 4.90 Å². The fraction of sp³-hybridized carbons (Fsp3) is 0. The summed E-state index contributed by atoms with van der Waals surface area (Å²) < 4.78 is 30.2. The molecule has 178 valence electrons. The van der Waals surface area contributed by atoms with Crippen LogP contribution in [0.5, 0.6) is 5.75 Å². The van der Waals surface area contributed by atoms with Crippen molar-refractivity contribution in [2.24, 2.45) is 0 Å². The number of anilines is 1. The van der Waals surface area contributed by atoms with Gasteiger partial charge in [-0.25, -0.2) is 9.69 Å². The summed E-state index contributed by atoms with van der Waals surface area (Å²) in [5.74, 6) is -2.19. The van der Waals surface area contributed by atoms with Gasteiger partial charge in [-0.2, -0.15) is 8.42 Å². The van der Waals surface area contributed by atoms with Crippen LogP contribution in [0, 0.1) is 0 Å². The second kappa shape index (κ2) is 9.71. The summed E-state index contributed by atoms with van der Waals surface area (Å²) in [6.45, 7) is 0. The fourth-order valence-corrected chi connectivity index (χ4v) is 5.04. The lowest BCUT2D eigenvalue weighted by molar-refractivity contribution is -0.122. The maximum absolute atomic E-state index is 13.0. The summed E-state index contributed by atoms with van der Waals surface area (Å²) >= 11 is 18.5. The Morgan fingerprint density at radius 2 is 1.43 bits per heavy atom. The molecule has 0 bridgehead atoms. The van der Waals surface area contributed by atoms with E-state index < -0.39 is 33.5 Å². The zero-order chi connectivity index (χ0) is 25.3. The predicted molar refractivity (Wildman–Crippen MR) is 131 cm³/mol. The SMILES string of the molecule is O=C1NC(=O)N(c2ccccc2Cl)C(=O)/C1=C/c1cc(Cl)c(OS(=O)(=O)c2ccccc2)c(Cl)c1. The third-order valence-corrected chi connectivity index (χ3v) is 6.87. The van der Waals surface area contributed by atoms with Crippen molar-refractivity contribution < 1.29 is 27.0 Å². The van der Waals surface area contributed by atoms with Crippen LogP contribution in [0.1, 0.15) is 5.56 Å². The van der Waals surface area contributed by atoms with Gasteiger partial charge in [-0.3, -0.25) is 14.9 Å². The van der Waals surface area contributed by atoms with Crippen LogP contribution >= 0.6 is 34.8 Å². The Morgan fingerprint density at radius 3 is 2.06 bits per heavy atom. The number of carbonyl (C=O) groups excluding carboxylic acids is 3. The maximum Gasteiger partial charge on any atom is 0.339 e. The second-order valence-electron chi connectivity index (χ2n) is 7.07. The Balaban J connectivity index is 1.69. The van der Waals surface area contributed by atoms with E-state index in [9.17, 15) is 22.8 Å². The van der Waals surface area contributed by atoms with Crippen LogP contribution in [0.25, 0.3) is 6.08 Å². The number of carbonyl (C=O) groups is 3. The molecule has 1 fully saturated rings. The first kappa shape index (κ1) is 24.7. The van der Waals surface area contributed by atoms with Crippen molar-refractivity contribution in [1.82, 2.24) is 5.32 Å². The monoisotopic (exact) mass is 550 g/mol. The average molecular weight is 552 g/mol. The van der Waals surface area contributed by atoms with E-state index in [1.807, 2.05) is 0 Å². The summed E-state index contributed by atoms with van der Waals surface area (Å²) in [6, 6.07) is 15.1. The van der Waals surface area contributed by atoms with Crippen LogP contribution in [0.3, 0.4) is 0 Å². The van der Waals surface area contributed by atoms with Gasteiger partial charge in [-0.1, -0.05) is 65.1 Å². The molecule has 1 heterocycles. The number of hydrogen-bond donors (Lipinski definition) is 1. The Morgan fingerprint density at radius 1 is 0.829 bits per heavy atom. The molecule has 8 nitrogen and oxygen atoms in total. The minimum absolute atomic E-state index is 0.0843. The molecule has 0 aromatic heterocycles. The molecule has 0 radical (unpaired) electrons. The molecular weight excluding hydrogens is 539 g/mol. The smallest absolute Gasteiger partial charge is 0.339 e. The summed E-state index contributed by atoms with van der Waals surface area (Å²) in [5, 5.41) is 1.82. The van der Waals surface area contributed by atoms with Crippen molar-refractivity contribution in [1.29, 1.82) is 0 Å². The zero-order valence-corrected chi connectivity index (χ0v) is 20.5. The van der Waals surface area contributed by atoms with Crippen molar-refractivity contribution in [3.63, 3.8) is 0 Å². The molecule has 4 rings (SSSR count). The minimum atomic E-state index is -4.22. The van der Waals surface area contributed by atoms with E-state index in [1.54, 1.807) is 18.2 Å². The number of barbiturate groups is 1. The lowest BCUT2D eigenvalue weighted by atomic mass is 10.1. The van der Waals surface area contributed by atoms with Gasteiger partial charge in [-0.15, -0.1) is 0 Å². The summed E-state index contributed by atoms with van der Waals surface area (Å²) in [7, 11) is -4.22. The lowest BCUT2D eigenvalue weighted by Gasteiger charge is -2.27. The molecule has 0 spiro atoms. The topological polar surface area (TPSA) is 110 Å². The molecule has 3 aromatic rings. The van der Waals surface area contributed by atoms with Crippen molar-refractivity contribution >= 4 is 74.5 Å². The number of benzene rings is 3. The van der Waals surface area contributed by atoms with Gasteiger partial charge in [0.15, 0.2) is 5.75 Å². The Kier molecular flexibility index (Phi) is 6.86. The lowest BCUT2D eigenvalue weighted by Crippen LogP contribution is -2.54. The van der Waals surface area contributed by atoms with E-state index >= 15 is 0 Å². The van der Waals surface area contributed by atoms with Gasteiger partial charge in [0.05, 0.1) is 20.8 Å². The molecule has 35 heavy (non-hydrogen) atoms. The predicted octanol–water partition coefficient (Wildman–Crippen LogP) is 5.08. The number of imide groups is 2. The van der Waals surface area contributed by atoms with Crippen molar-refractivity contribution in [3.8, 4) is 5.75 Å². The fourth-order valence-electron chi connectivity index (χ4n) is 3.16. The average Bonchev–Trinajstić information content (AvgIpc) is 2.81. The Labute approximate surface area is 214 Å². The minimum Gasteiger partial charge on any atom is -0.376 e. The third kappa shape index (κ3) is 5.03. The first-order valence-electron chi connectivity index (χ1n) is 9.73. The molecule has 1 aliphatic heterocycles. The molecule has 0 saturated carbocycles. The van der Waals surface area contributed by atoms with Gasteiger partial charge >= 0.3 is 16.1 Å². The Hall–Kier alpha value is -3.37. The highest BCUT2D eigenvalue weighted by atomic mass is 35.5. The molecule has 3 aromatic carbocycles. The number of amides is 4. The van der Waals surface area contributed by atoms with Crippen LogP contribution in [-0.4, -0.2) is 26.3 Å². The van der Waals surface area contributed by atoms with Crippen molar-refractivity contribution in [3.05, 3.63) is 92.9 Å². The van der Waals surface area contributed by atoms with E-state index in [2.05, 4.69) is 5.32 Å². The second-order valence-corrected chi connectivity index (χ2v) is 9.84. The van der Waals surface area contributed by atoms with E-state index in [1.165, 1.54) is 48.5 Å². The number of hydrogen-bond acceptors (Lipinski definition) is 6. The van der Waals surface area contributed by atoms with Gasteiger partial charge in [0.2, 0.25) is 0 Å². The van der Waals surface area contributed by atoms with Gasteiger partial charge < -0.3 is 4.18 Å². The van der Waals surface area contributed by atoms with E-state index in [0.29, 0.717) is 0 Å². The van der Waals surface area contributed by atoms with Crippen LogP contribution in [0.15, 0.2) is 77.2 Å². The molecule has 1 saturated heterocycles. The van der Waals surface area contributed by atoms with Crippen LogP contribution in [0.2, 0.25) is 15.1 Å². The van der Waals surface area contributed by atoms with Crippen molar-refractivity contribution in [2.45, 2.75) is 4.90 Å². The molecule has 1 N–H and O–H groups in total. The number of nitrogens with one attached hydrogen (secondary N) is 1. The van der Waals surface area contributed by atoms with E-state index in [0.717, 1.165) is 11.0 Å². The highest BCUT2D eigenvalue weighted by Crippen LogP contribution is 2.37. The first-order chi connectivity index (χ1) is 16.6. The Bertz CT molecular complexity index is 1480. The van der Waals surface area contributed by atoms with Crippen LogP contribution in [0.4, 0.5) is 10.5 Å². The van der Waals surface area contributed by atoms with Gasteiger partial charge in [-0.05, 0) is 48.0 Å². The highest BCUT2D eigenvalue weighted by molar-refractivity contribution is 7.87. The molecule has 0 aliphatic carbocycles. The van der Waals surface area contributed by atoms with Gasteiger partial charge in [0.1, 0.15) is 10.5 Å². The quantitative estimate of drug-likeness (QED) is 0.269. The molecule has 0 unspecified atom stereocenters.